The number of nitrogen functional groups attached to an aromatic ring is 1. The molecule has 282 valence electrons. The summed E-state index contributed by atoms with van der Waals surface area (Å²) in [5.41, 5.74) is 12.5. The predicted octanol–water partition coefficient (Wildman–Crippen LogP) is 14.1. The van der Waals surface area contributed by atoms with Gasteiger partial charge >= 0.3 is 0 Å². The molecule has 10 aromatic rings. The lowest BCUT2D eigenvalue weighted by atomic mass is 10.0. The van der Waals surface area contributed by atoms with E-state index in [1.165, 1.54) is 40.7 Å². The third-order valence-electron chi connectivity index (χ3n) is 9.85. The van der Waals surface area contributed by atoms with Crippen molar-refractivity contribution >= 4 is 114 Å². The van der Waals surface area contributed by atoms with Crippen molar-refractivity contribution in [3.63, 3.8) is 0 Å². The number of hydrogen-bond acceptors (Lipinski definition) is 6. The molecule has 0 aliphatic carbocycles. The lowest BCUT2D eigenvalue weighted by Crippen LogP contribution is -2.04. The van der Waals surface area contributed by atoms with Gasteiger partial charge in [-0.05, 0) is 68.6 Å². The van der Waals surface area contributed by atoms with E-state index in [4.69, 9.17) is 16.6 Å². The highest BCUT2D eigenvalue weighted by molar-refractivity contribution is 7.26. The van der Waals surface area contributed by atoms with E-state index in [9.17, 15) is 0 Å². The fourth-order valence-electron chi connectivity index (χ4n) is 6.97. The number of aryl methyl sites for hydroxylation is 2. The maximum absolute atomic E-state index is 8.76. The molecule has 0 radical (unpaired) electrons. The van der Waals surface area contributed by atoms with Gasteiger partial charge in [0.25, 0.3) is 0 Å². The van der Waals surface area contributed by atoms with Crippen molar-refractivity contribution in [1.29, 1.82) is 10.8 Å². The number of rotatable bonds is 4. The van der Waals surface area contributed by atoms with E-state index < -0.39 is 0 Å². The van der Waals surface area contributed by atoms with Gasteiger partial charge in [-0.2, -0.15) is 0 Å². The highest BCUT2D eigenvalue weighted by Crippen LogP contribution is 2.39. The van der Waals surface area contributed by atoms with Gasteiger partial charge in [-0.3, -0.25) is 10.8 Å². The second-order valence-electron chi connectivity index (χ2n) is 13.7. The number of nitrogens with two attached hydrogens (primary N) is 1. The van der Waals surface area contributed by atoms with E-state index in [-0.39, 0.29) is 5.84 Å². The summed E-state index contributed by atoms with van der Waals surface area (Å²) in [6.07, 6.45) is 0. The Morgan fingerprint density at radius 1 is 0.534 bits per heavy atom. The van der Waals surface area contributed by atoms with Crippen LogP contribution in [-0.2, 0) is 0 Å². The molecule has 0 saturated carbocycles. The maximum Gasteiger partial charge on any atom is 0.161 e. The number of thiophene rings is 3. The first-order valence-electron chi connectivity index (χ1n) is 18.7. The van der Waals surface area contributed by atoms with Crippen LogP contribution in [0.15, 0.2) is 174 Å². The first kappa shape index (κ1) is 38.3. The van der Waals surface area contributed by atoms with E-state index in [1.54, 1.807) is 34.0 Å². The number of nitrogens with one attached hydrogen (secondary N) is 2. The van der Waals surface area contributed by atoms with Gasteiger partial charge in [-0.25, -0.2) is 9.98 Å². The Balaban J connectivity index is 0.000000156. The summed E-state index contributed by atoms with van der Waals surface area (Å²) in [6, 6.07) is 55.0. The number of benzene rings is 7. The van der Waals surface area contributed by atoms with Crippen molar-refractivity contribution in [3.8, 4) is 0 Å². The number of anilines is 1. The van der Waals surface area contributed by atoms with Gasteiger partial charge in [0.15, 0.2) is 11.7 Å². The maximum atomic E-state index is 8.76. The molecule has 0 atom stereocenters. The largest absolute Gasteiger partial charge is 0.397 e. The lowest BCUT2D eigenvalue weighted by molar-refractivity contribution is 1.41. The van der Waals surface area contributed by atoms with E-state index in [1.807, 2.05) is 91.0 Å². The van der Waals surface area contributed by atoms with E-state index >= 15 is 0 Å². The van der Waals surface area contributed by atoms with Crippen molar-refractivity contribution in [1.82, 2.24) is 0 Å². The highest BCUT2D eigenvalue weighted by atomic mass is 32.1. The van der Waals surface area contributed by atoms with E-state index in [0.29, 0.717) is 17.2 Å². The smallest absolute Gasteiger partial charge is 0.161 e. The summed E-state index contributed by atoms with van der Waals surface area (Å²) in [5, 5.41) is 22.8. The van der Waals surface area contributed by atoms with Crippen LogP contribution in [0.2, 0.25) is 0 Å². The standard InChI is InChI=1S/C28H19N3S2.C15H12N2S.C7H8/c1-16-7-5-11-23-25(16)26-19(9-6-12-24(26)33-23)28(30-2)31-27(29)17-13-14-22-20(15-17)18-8-3-4-10-21(18)32-22;16-13(10-6-2-1-3-7-10)15-14(17)11-8-4-5-9-12(11)18-15;1-7-5-3-2-4-6-7/h3-15,29H,2H2,1H3;1-9,16H,17H2;2-6H,1H3. The monoisotopic (exact) mass is 805 g/mol. The van der Waals surface area contributed by atoms with Crippen molar-refractivity contribution < 1.29 is 0 Å². The number of amidine groups is 2. The van der Waals surface area contributed by atoms with Gasteiger partial charge in [-0.15, -0.1) is 34.0 Å². The molecule has 3 aromatic heterocycles. The van der Waals surface area contributed by atoms with Gasteiger partial charge < -0.3 is 5.73 Å². The predicted molar refractivity (Wildman–Crippen MR) is 256 cm³/mol. The topological polar surface area (TPSA) is 98.4 Å². The minimum Gasteiger partial charge on any atom is -0.397 e. The minimum absolute atomic E-state index is 0.183. The van der Waals surface area contributed by atoms with Crippen LogP contribution >= 0.6 is 34.0 Å². The second-order valence-corrected chi connectivity index (χ2v) is 16.9. The van der Waals surface area contributed by atoms with E-state index in [0.717, 1.165) is 42.4 Å². The van der Waals surface area contributed by atoms with Gasteiger partial charge in [0.2, 0.25) is 0 Å². The molecule has 0 aliphatic rings. The highest BCUT2D eigenvalue weighted by Gasteiger charge is 2.16. The SMILES string of the molecule is C=NC(=NC(=N)c1ccc2sc3ccccc3c2c1)c1cccc2sc3cccc(C)c3c12.Cc1ccccc1.N=C(c1ccccc1)c1sc2ccccc2c1N. The van der Waals surface area contributed by atoms with Crippen LogP contribution in [0.4, 0.5) is 5.69 Å². The zero-order valence-electron chi connectivity index (χ0n) is 32.0. The van der Waals surface area contributed by atoms with E-state index in [2.05, 4.69) is 103 Å². The molecule has 0 unspecified atom stereocenters. The molecule has 10 rings (SSSR count). The summed E-state index contributed by atoms with van der Waals surface area (Å²) in [5.74, 6) is 0.659. The third-order valence-corrected chi connectivity index (χ3v) is 13.3. The molecule has 0 spiro atoms. The molecule has 58 heavy (non-hydrogen) atoms. The van der Waals surface area contributed by atoms with Gasteiger partial charge in [-0.1, -0.05) is 127 Å². The van der Waals surface area contributed by atoms with Crippen molar-refractivity contribution in [3.05, 3.63) is 196 Å². The molecule has 5 nitrogen and oxygen atoms in total. The van der Waals surface area contributed by atoms with Crippen molar-refractivity contribution in [2.24, 2.45) is 9.98 Å². The second kappa shape index (κ2) is 16.9. The molecular formula is C50H39N5S3. The van der Waals surface area contributed by atoms with Crippen LogP contribution in [0.3, 0.4) is 0 Å². The molecule has 0 saturated heterocycles. The van der Waals surface area contributed by atoms with Gasteiger partial charge in [0.1, 0.15) is 0 Å². The zero-order valence-corrected chi connectivity index (χ0v) is 34.4. The van der Waals surface area contributed by atoms with Crippen LogP contribution in [-0.4, -0.2) is 24.1 Å². The Kier molecular flexibility index (Phi) is 11.1. The average Bonchev–Trinajstić information content (AvgIpc) is 3.95. The molecular weight excluding hydrogens is 767 g/mol. The number of nitrogens with zero attached hydrogens (tertiary/aromatic N) is 2. The van der Waals surface area contributed by atoms with Crippen LogP contribution < -0.4 is 5.73 Å². The molecule has 0 amide bonds. The molecule has 7 aromatic carbocycles. The third kappa shape index (κ3) is 7.73. The Bertz CT molecular complexity index is 3150. The number of fused-ring (bicyclic) bond motifs is 7. The van der Waals surface area contributed by atoms with Crippen LogP contribution in [0, 0.1) is 24.7 Å². The van der Waals surface area contributed by atoms with Crippen molar-refractivity contribution in [2.75, 3.05) is 5.73 Å². The molecule has 0 fully saturated rings. The Hall–Kier alpha value is -6.58. The summed E-state index contributed by atoms with van der Waals surface area (Å²) < 4.78 is 6.02. The molecule has 0 aliphatic heterocycles. The van der Waals surface area contributed by atoms with Gasteiger partial charge in [0.05, 0.1) is 16.3 Å². The Morgan fingerprint density at radius 3 is 1.78 bits per heavy atom. The van der Waals surface area contributed by atoms with Crippen LogP contribution in [0.25, 0.3) is 50.4 Å². The quantitative estimate of drug-likeness (QED) is 0.120. The Labute approximate surface area is 349 Å². The normalized spacial score (nSPS) is 11.3. The Morgan fingerprint density at radius 2 is 1.10 bits per heavy atom. The van der Waals surface area contributed by atoms with Crippen LogP contribution in [0.1, 0.15) is 32.7 Å². The molecule has 8 heteroatoms. The summed E-state index contributed by atoms with van der Waals surface area (Å²) >= 11 is 5.11. The minimum atomic E-state index is 0.183. The molecule has 4 N–H and O–H groups in total. The molecule has 3 heterocycles. The van der Waals surface area contributed by atoms with Gasteiger partial charge in [0, 0.05) is 67.1 Å². The summed E-state index contributed by atoms with van der Waals surface area (Å²) in [7, 11) is 0. The first-order chi connectivity index (χ1) is 28.3. The molecule has 0 bridgehead atoms. The van der Waals surface area contributed by atoms with Crippen molar-refractivity contribution in [2.45, 2.75) is 13.8 Å². The fourth-order valence-corrected chi connectivity index (χ4v) is 10.4. The lowest BCUT2D eigenvalue weighted by Gasteiger charge is -2.06. The summed E-state index contributed by atoms with van der Waals surface area (Å²) in [4.78, 5) is 9.76. The fraction of sp³-hybridized carbons (Fsp3) is 0.0400. The number of aliphatic imine (C=N–C) groups is 2. The average molecular weight is 806 g/mol. The number of hydrogen-bond donors (Lipinski definition) is 3. The van der Waals surface area contributed by atoms with Crippen LogP contribution in [0.5, 0.6) is 0 Å². The first-order valence-corrected chi connectivity index (χ1v) is 21.2. The zero-order chi connectivity index (χ0) is 40.2. The summed E-state index contributed by atoms with van der Waals surface area (Å²) in [6.45, 7) is 8.00.